The summed E-state index contributed by atoms with van der Waals surface area (Å²) in [5.41, 5.74) is 8.21. The number of hydrogen-bond donors (Lipinski definition) is 2. The average molecular weight is 256 g/mol. The van der Waals surface area contributed by atoms with Crippen LogP contribution in [-0.2, 0) is 6.54 Å². The summed E-state index contributed by atoms with van der Waals surface area (Å²) >= 11 is 0. The highest BCUT2D eigenvalue weighted by Gasteiger charge is 2.07. The number of benzene rings is 2. The highest BCUT2D eigenvalue weighted by atomic mass is 16.6. The van der Waals surface area contributed by atoms with Crippen LogP contribution in [0.25, 0.3) is 0 Å². The van der Waals surface area contributed by atoms with Gasteiger partial charge in [0.05, 0.1) is 0 Å². The number of nitrogens with two attached hydrogens (primary N) is 1. The van der Waals surface area contributed by atoms with Crippen LogP contribution in [0.2, 0.25) is 0 Å². The maximum absolute atomic E-state index is 11.8. The predicted octanol–water partition coefficient (Wildman–Crippen LogP) is 3.06. The summed E-state index contributed by atoms with van der Waals surface area (Å²) in [4.78, 5) is 11.8. The molecule has 0 aliphatic carbocycles. The van der Waals surface area contributed by atoms with Crippen LogP contribution < -0.4 is 15.8 Å². The van der Waals surface area contributed by atoms with Gasteiger partial charge in [0.25, 0.3) is 0 Å². The molecule has 0 aliphatic heterocycles. The average Bonchev–Trinajstić information content (AvgIpc) is 2.42. The van der Waals surface area contributed by atoms with Crippen LogP contribution >= 0.6 is 0 Å². The zero-order valence-corrected chi connectivity index (χ0v) is 10.7. The highest BCUT2D eigenvalue weighted by Crippen LogP contribution is 2.17. The van der Waals surface area contributed by atoms with Crippen LogP contribution in [0, 0.1) is 6.92 Å². The van der Waals surface area contributed by atoms with Gasteiger partial charge in [0.1, 0.15) is 5.75 Å². The Kier molecular flexibility index (Phi) is 4.15. The highest BCUT2D eigenvalue weighted by molar-refractivity contribution is 5.87. The van der Waals surface area contributed by atoms with E-state index in [1.807, 2.05) is 43.3 Å². The van der Waals surface area contributed by atoms with Gasteiger partial charge in [-0.15, -0.1) is 0 Å². The molecule has 0 saturated heterocycles. The maximum Gasteiger partial charge on any atom is 0.417 e. The van der Waals surface area contributed by atoms with E-state index in [9.17, 15) is 4.79 Å². The summed E-state index contributed by atoms with van der Waals surface area (Å²) in [6, 6.07) is 14.6. The number of ether oxygens (including phenoxy) is 1. The fourth-order valence-electron chi connectivity index (χ4n) is 1.66. The van der Waals surface area contributed by atoms with Crippen molar-refractivity contribution in [1.29, 1.82) is 0 Å². The van der Waals surface area contributed by atoms with Gasteiger partial charge in [0.2, 0.25) is 0 Å². The standard InChI is InChI=1S/C15H16N2O2/c1-11-7-8-12(10-16)9-14(11)17-15(18)19-13-5-3-2-4-6-13/h2-9H,10,16H2,1H3,(H,17,18). The van der Waals surface area contributed by atoms with Gasteiger partial charge in [-0.25, -0.2) is 4.79 Å². The van der Waals surface area contributed by atoms with Gasteiger partial charge in [-0.3, -0.25) is 5.32 Å². The fourth-order valence-corrected chi connectivity index (χ4v) is 1.66. The zero-order valence-electron chi connectivity index (χ0n) is 10.7. The number of amides is 1. The van der Waals surface area contributed by atoms with E-state index in [2.05, 4.69) is 5.32 Å². The quantitative estimate of drug-likeness (QED) is 0.887. The Labute approximate surface area is 112 Å². The van der Waals surface area contributed by atoms with Crippen molar-refractivity contribution in [3.63, 3.8) is 0 Å². The van der Waals surface area contributed by atoms with Gasteiger partial charge in [0.15, 0.2) is 0 Å². The van der Waals surface area contributed by atoms with Gasteiger partial charge in [-0.1, -0.05) is 30.3 Å². The number of anilines is 1. The monoisotopic (exact) mass is 256 g/mol. The Bertz CT molecular complexity index is 568. The van der Waals surface area contributed by atoms with E-state index in [0.717, 1.165) is 11.1 Å². The second-order valence-corrected chi connectivity index (χ2v) is 4.18. The van der Waals surface area contributed by atoms with Crippen molar-refractivity contribution in [1.82, 2.24) is 0 Å². The third-order valence-corrected chi connectivity index (χ3v) is 2.73. The van der Waals surface area contributed by atoms with Crippen molar-refractivity contribution < 1.29 is 9.53 Å². The Morgan fingerprint density at radius 1 is 1.21 bits per heavy atom. The number of hydrogen-bond acceptors (Lipinski definition) is 3. The summed E-state index contributed by atoms with van der Waals surface area (Å²) in [7, 11) is 0. The van der Waals surface area contributed by atoms with Gasteiger partial charge in [-0.2, -0.15) is 0 Å². The summed E-state index contributed by atoms with van der Waals surface area (Å²) in [5.74, 6) is 0.507. The van der Waals surface area contributed by atoms with E-state index < -0.39 is 6.09 Å². The first kappa shape index (κ1) is 13.1. The van der Waals surface area contributed by atoms with Crippen molar-refractivity contribution in [2.45, 2.75) is 13.5 Å². The molecule has 0 unspecified atom stereocenters. The van der Waals surface area contributed by atoms with Crippen LogP contribution in [0.4, 0.5) is 10.5 Å². The Hall–Kier alpha value is -2.33. The van der Waals surface area contributed by atoms with E-state index >= 15 is 0 Å². The molecule has 0 saturated carbocycles. The molecule has 0 atom stereocenters. The van der Waals surface area contributed by atoms with Crippen LogP contribution in [0.15, 0.2) is 48.5 Å². The van der Waals surface area contributed by atoms with Crippen LogP contribution in [0.1, 0.15) is 11.1 Å². The molecule has 2 aromatic carbocycles. The first-order chi connectivity index (χ1) is 9.19. The molecule has 0 bridgehead atoms. The molecule has 4 nitrogen and oxygen atoms in total. The lowest BCUT2D eigenvalue weighted by atomic mass is 10.1. The molecule has 0 heterocycles. The smallest absolute Gasteiger partial charge is 0.410 e. The lowest BCUT2D eigenvalue weighted by Gasteiger charge is -2.10. The molecular formula is C15H16N2O2. The van der Waals surface area contributed by atoms with Crippen LogP contribution in [0.5, 0.6) is 5.75 Å². The summed E-state index contributed by atoms with van der Waals surface area (Å²) in [6.07, 6.45) is -0.511. The van der Waals surface area contributed by atoms with E-state index in [0.29, 0.717) is 18.0 Å². The third kappa shape index (κ3) is 3.56. The Balaban J connectivity index is 2.06. The maximum atomic E-state index is 11.8. The number of carbonyl (C=O) groups is 1. The van der Waals surface area contributed by atoms with Crippen molar-refractivity contribution >= 4 is 11.8 Å². The first-order valence-electron chi connectivity index (χ1n) is 6.02. The van der Waals surface area contributed by atoms with E-state index in [1.54, 1.807) is 12.1 Å². The van der Waals surface area contributed by atoms with Crippen LogP contribution in [-0.4, -0.2) is 6.09 Å². The zero-order chi connectivity index (χ0) is 13.7. The van der Waals surface area contributed by atoms with Crippen molar-refractivity contribution in [3.8, 4) is 5.75 Å². The Morgan fingerprint density at radius 2 is 1.95 bits per heavy atom. The minimum atomic E-state index is -0.511. The number of rotatable bonds is 3. The van der Waals surface area contributed by atoms with E-state index in [1.165, 1.54) is 0 Å². The van der Waals surface area contributed by atoms with E-state index in [4.69, 9.17) is 10.5 Å². The normalized spacial score (nSPS) is 10.0. The molecule has 0 spiro atoms. The lowest BCUT2D eigenvalue weighted by Crippen LogP contribution is -2.17. The molecule has 19 heavy (non-hydrogen) atoms. The molecule has 0 aromatic heterocycles. The summed E-state index contributed by atoms with van der Waals surface area (Å²) in [5, 5.41) is 2.72. The molecule has 2 rings (SSSR count). The van der Waals surface area contributed by atoms with Crippen molar-refractivity contribution in [2.24, 2.45) is 5.73 Å². The van der Waals surface area contributed by atoms with E-state index in [-0.39, 0.29) is 0 Å². The van der Waals surface area contributed by atoms with Crippen molar-refractivity contribution in [3.05, 3.63) is 59.7 Å². The molecular weight excluding hydrogens is 240 g/mol. The van der Waals surface area contributed by atoms with Crippen LogP contribution in [0.3, 0.4) is 0 Å². The number of nitrogens with one attached hydrogen (secondary N) is 1. The minimum Gasteiger partial charge on any atom is -0.410 e. The largest absolute Gasteiger partial charge is 0.417 e. The van der Waals surface area contributed by atoms with Gasteiger partial charge >= 0.3 is 6.09 Å². The predicted molar refractivity (Wildman–Crippen MR) is 75.2 cm³/mol. The second kappa shape index (κ2) is 6.02. The lowest BCUT2D eigenvalue weighted by molar-refractivity contribution is 0.215. The topological polar surface area (TPSA) is 64.3 Å². The molecule has 0 radical (unpaired) electrons. The van der Waals surface area contributed by atoms with Gasteiger partial charge in [0, 0.05) is 12.2 Å². The van der Waals surface area contributed by atoms with Gasteiger partial charge < -0.3 is 10.5 Å². The molecule has 3 N–H and O–H groups in total. The SMILES string of the molecule is Cc1ccc(CN)cc1NC(=O)Oc1ccccc1. The fraction of sp³-hybridized carbons (Fsp3) is 0.133. The molecule has 0 aliphatic rings. The molecule has 1 amide bonds. The van der Waals surface area contributed by atoms with Gasteiger partial charge in [-0.05, 0) is 36.2 Å². The second-order valence-electron chi connectivity index (χ2n) is 4.18. The molecule has 98 valence electrons. The molecule has 2 aromatic rings. The third-order valence-electron chi connectivity index (χ3n) is 2.73. The number of carbonyl (C=O) groups excluding carboxylic acids is 1. The number of aryl methyl sites for hydroxylation is 1. The minimum absolute atomic E-state index is 0.433. The summed E-state index contributed by atoms with van der Waals surface area (Å²) < 4.78 is 5.17. The molecule has 0 fully saturated rings. The first-order valence-corrected chi connectivity index (χ1v) is 6.02. The van der Waals surface area contributed by atoms with Crippen molar-refractivity contribution in [2.75, 3.05) is 5.32 Å². The Morgan fingerprint density at radius 3 is 2.63 bits per heavy atom. The molecule has 4 heteroatoms. The summed E-state index contributed by atoms with van der Waals surface area (Å²) in [6.45, 7) is 2.35. The number of para-hydroxylation sites is 1.